The number of carbonyl (C=O) groups is 1. The summed E-state index contributed by atoms with van der Waals surface area (Å²) in [6.07, 6.45) is 1.17. The van der Waals surface area contributed by atoms with Crippen LogP contribution in [0.25, 0.3) is 0 Å². The molecule has 1 aliphatic heterocycles. The summed E-state index contributed by atoms with van der Waals surface area (Å²) < 4.78 is 16.3. The SMILES string of the molecule is CCOC(=O)CC(NC)c1ccc2c(c1)OCCCO2. The maximum Gasteiger partial charge on any atom is 0.307 e. The Kier molecular flexibility index (Phi) is 5.24. The molecule has 0 saturated heterocycles. The predicted octanol–water partition coefficient (Wildman–Crippen LogP) is 2.06. The molecular formula is C15H21NO4. The first-order valence-corrected chi connectivity index (χ1v) is 6.97. The highest BCUT2D eigenvalue weighted by molar-refractivity contribution is 5.70. The maximum atomic E-state index is 11.6. The number of benzene rings is 1. The van der Waals surface area contributed by atoms with Gasteiger partial charge < -0.3 is 19.5 Å². The molecule has 0 aliphatic carbocycles. The lowest BCUT2D eigenvalue weighted by molar-refractivity contribution is -0.143. The highest BCUT2D eigenvalue weighted by atomic mass is 16.5. The molecule has 0 saturated carbocycles. The largest absolute Gasteiger partial charge is 0.490 e. The zero-order valence-corrected chi connectivity index (χ0v) is 12.0. The monoisotopic (exact) mass is 279 g/mol. The van der Waals surface area contributed by atoms with Crippen molar-refractivity contribution in [3.63, 3.8) is 0 Å². The number of esters is 1. The second kappa shape index (κ2) is 7.14. The van der Waals surface area contributed by atoms with Crippen LogP contribution >= 0.6 is 0 Å². The second-order valence-electron chi connectivity index (χ2n) is 4.61. The first-order chi connectivity index (χ1) is 9.74. The van der Waals surface area contributed by atoms with Crippen molar-refractivity contribution >= 4 is 5.97 Å². The van der Waals surface area contributed by atoms with E-state index in [0.717, 1.165) is 23.5 Å². The molecule has 1 heterocycles. The Balaban J connectivity index is 2.13. The van der Waals surface area contributed by atoms with Gasteiger partial charge in [-0.1, -0.05) is 6.07 Å². The minimum Gasteiger partial charge on any atom is -0.490 e. The third-order valence-corrected chi connectivity index (χ3v) is 3.20. The third-order valence-electron chi connectivity index (χ3n) is 3.20. The number of fused-ring (bicyclic) bond motifs is 1. The highest BCUT2D eigenvalue weighted by Gasteiger charge is 2.18. The lowest BCUT2D eigenvalue weighted by Gasteiger charge is -2.17. The van der Waals surface area contributed by atoms with E-state index in [1.54, 1.807) is 6.92 Å². The molecule has 1 N–H and O–H groups in total. The molecule has 0 spiro atoms. The summed E-state index contributed by atoms with van der Waals surface area (Å²) in [7, 11) is 1.83. The predicted molar refractivity (Wildman–Crippen MR) is 75.1 cm³/mol. The fourth-order valence-electron chi connectivity index (χ4n) is 2.17. The van der Waals surface area contributed by atoms with Crippen molar-refractivity contribution in [3.05, 3.63) is 23.8 Å². The maximum absolute atomic E-state index is 11.6. The lowest BCUT2D eigenvalue weighted by Crippen LogP contribution is -2.21. The van der Waals surface area contributed by atoms with Crippen molar-refractivity contribution in [2.24, 2.45) is 0 Å². The van der Waals surface area contributed by atoms with Gasteiger partial charge >= 0.3 is 5.97 Å². The van der Waals surface area contributed by atoms with Crippen LogP contribution in [0.4, 0.5) is 0 Å². The first kappa shape index (κ1) is 14.7. The van der Waals surface area contributed by atoms with Gasteiger partial charge in [-0.15, -0.1) is 0 Å². The molecule has 5 nitrogen and oxygen atoms in total. The van der Waals surface area contributed by atoms with Crippen LogP contribution in [0, 0.1) is 0 Å². The molecule has 110 valence electrons. The lowest BCUT2D eigenvalue weighted by atomic mass is 10.0. The summed E-state index contributed by atoms with van der Waals surface area (Å²) in [6, 6.07) is 5.69. The van der Waals surface area contributed by atoms with Gasteiger partial charge in [-0.3, -0.25) is 4.79 Å². The van der Waals surface area contributed by atoms with Crippen LogP contribution in [0.1, 0.15) is 31.4 Å². The van der Waals surface area contributed by atoms with E-state index in [4.69, 9.17) is 14.2 Å². The highest BCUT2D eigenvalue weighted by Crippen LogP contribution is 2.33. The van der Waals surface area contributed by atoms with Gasteiger partial charge in [0, 0.05) is 12.5 Å². The molecular weight excluding hydrogens is 258 g/mol. The molecule has 0 radical (unpaired) electrons. The van der Waals surface area contributed by atoms with Gasteiger partial charge in [0.05, 0.1) is 26.2 Å². The molecule has 1 atom stereocenters. The Morgan fingerprint density at radius 1 is 1.35 bits per heavy atom. The summed E-state index contributed by atoms with van der Waals surface area (Å²) in [4.78, 5) is 11.6. The molecule has 1 aromatic rings. The van der Waals surface area contributed by atoms with Crippen LogP contribution < -0.4 is 14.8 Å². The van der Waals surface area contributed by atoms with Crippen molar-refractivity contribution in [1.29, 1.82) is 0 Å². The summed E-state index contributed by atoms with van der Waals surface area (Å²) in [5, 5.41) is 3.13. The second-order valence-corrected chi connectivity index (χ2v) is 4.61. The van der Waals surface area contributed by atoms with Crippen LogP contribution in [0.2, 0.25) is 0 Å². The van der Waals surface area contributed by atoms with Gasteiger partial charge in [-0.2, -0.15) is 0 Å². The fourth-order valence-corrected chi connectivity index (χ4v) is 2.17. The molecule has 0 bridgehead atoms. The molecule has 1 aromatic carbocycles. The zero-order valence-electron chi connectivity index (χ0n) is 12.0. The minimum absolute atomic E-state index is 0.0915. The van der Waals surface area contributed by atoms with Crippen LogP contribution in [-0.2, 0) is 9.53 Å². The Labute approximate surface area is 119 Å². The summed E-state index contributed by atoms with van der Waals surface area (Å²) in [6.45, 7) is 3.53. The molecule has 5 heteroatoms. The smallest absolute Gasteiger partial charge is 0.307 e. The summed E-state index contributed by atoms with van der Waals surface area (Å²) in [5.41, 5.74) is 0.991. The van der Waals surface area contributed by atoms with Gasteiger partial charge in [-0.25, -0.2) is 0 Å². The zero-order chi connectivity index (χ0) is 14.4. The number of nitrogens with one attached hydrogen (secondary N) is 1. The van der Waals surface area contributed by atoms with Gasteiger partial charge in [0.1, 0.15) is 0 Å². The van der Waals surface area contributed by atoms with E-state index >= 15 is 0 Å². The molecule has 20 heavy (non-hydrogen) atoms. The van der Waals surface area contributed by atoms with Gasteiger partial charge in [0.2, 0.25) is 0 Å². The van der Waals surface area contributed by atoms with E-state index < -0.39 is 0 Å². The number of hydrogen-bond acceptors (Lipinski definition) is 5. The van der Waals surface area contributed by atoms with Crippen molar-refractivity contribution in [1.82, 2.24) is 5.32 Å². The van der Waals surface area contributed by atoms with Crippen molar-refractivity contribution < 1.29 is 19.0 Å². The van der Waals surface area contributed by atoms with E-state index in [1.165, 1.54) is 0 Å². The van der Waals surface area contributed by atoms with E-state index in [1.807, 2.05) is 25.2 Å². The van der Waals surface area contributed by atoms with Crippen molar-refractivity contribution in [3.8, 4) is 11.5 Å². The summed E-state index contributed by atoms with van der Waals surface area (Å²) in [5.74, 6) is 1.29. The van der Waals surface area contributed by atoms with Crippen LogP contribution in [0.5, 0.6) is 11.5 Å². The van der Waals surface area contributed by atoms with E-state index in [-0.39, 0.29) is 12.0 Å². The van der Waals surface area contributed by atoms with E-state index in [9.17, 15) is 4.79 Å². The Morgan fingerprint density at radius 2 is 2.10 bits per heavy atom. The standard InChI is InChI=1S/C15H21NO4/c1-3-18-15(17)10-12(16-2)11-5-6-13-14(9-11)20-8-4-7-19-13/h5-6,9,12,16H,3-4,7-8,10H2,1-2H3. The van der Waals surface area contributed by atoms with Crippen molar-refractivity contribution in [2.45, 2.75) is 25.8 Å². The quantitative estimate of drug-likeness (QED) is 0.836. The Hall–Kier alpha value is -1.75. The topological polar surface area (TPSA) is 56.8 Å². The Bertz CT molecular complexity index is 461. The normalized spacial score (nSPS) is 15.3. The number of rotatable bonds is 5. The molecule has 2 rings (SSSR count). The Morgan fingerprint density at radius 3 is 2.80 bits per heavy atom. The summed E-state index contributed by atoms with van der Waals surface area (Å²) >= 11 is 0. The first-order valence-electron chi connectivity index (χ1n) is 6.97. The third kappa shape index (κ3) is 3.63. The van der Waals surface area contributed by atoms with E-state index in [2.05, 4.69) is 5.32 Å². The molecule has 0 amide bonds. The van der Waals surface area contributed by atoms with Gasteiger partial charge in [0.15, 0.2) is 11.5 Å². The number of ether oxygens (including phenoxy) is 3. The average molecular weight is 279 g/mol. The van der Waals surface area contributed by atoms with Gasteiger partial charge in [-0.05, 0) is 31.7 Å². The number of carbonyl (C=O) groups excluding carboxylic acids is 1. The molecule has 0 fully saturated rings. The van der Waals surface area contributed by atoms with Gasteiger partial charge in [0.25, 0.3) is 0 Å². The minimum atomic E-state index is -0.209. The molecule has 1 unspecified atom stereocenters. The fraction of sp³-hybridized carbons (Fsp3) is 0.533. The molecule has 0 aromatic heterocycles. The van der Waals surface area contributed by atoms with E-state index in [0.29, 0.717) is 26.2 Å². The van der Waals surface area contributed by atoms with Crippen LogP contribution in [0.15, 0.2) is 18.2 Å². The average Bonchev–Trinajstić information content (AvgIpc) is 2.69. The van der Waals surface area contributed by atoms with Crippen LogP contribution in [0.3, 0.4) is 0 Å². The molecule has 1 aliphatic rings. The van der Waals surface area contributed by atoms with Crippen molar-refractivity contribution in [2.75, 3.05) is 26.9 Å². The van der Waals surface area contributed by atoms with Crippen LogP contribution in [-0.4, -0.2) is 32.8 Å². The number of hydrogen-bond donors (Lipinski definition) is 1.